The van der Waals surface area contributed by atoms with Crippen molar-refractivity contribution in [2.45, 2.75) is 13.0 Å². The topological polar surface area (TPSA) is 84.0 Å². The third-order valence-electron chi connectivity index (χ3n) is 5.24. The van der Waals surface area contributed by atoms with Gasteiger partial charge in [0.15, 0.2) is 10.5 Å². The van der Waals surface area contributed by atoms with Crippen LogP contribution in [0.1, 0.15) is 11.4 Å². The summed E-state index contributed by atoms with van der Waals surface area (Å²) < 4.78 is 6.85. The number of hydrogen-bond acceptors (Lipinski definition) is 7. The highest BCUT2D eigenvalue weighted by molar-refractivity contribution is 7.15. The molecule has 3 aromatic heterocycles. The molecular weight excluding hydrogens is 390 g/mol. The zero-order chi connectivity index (χ0) is 19.8. The number of carbonyl (C=O) groups excluding carboxylic acids is 1. The fourth-order valence-corrected chi connectivity index (χ4v) is 4.41. The fourth-order valence-electron chi connectivity index (χ4n) is 3.67. The number of nitrogens with zero attached hydrogens (tertiary/aromatic N) is 5. The van der Waals surface area contributed by atoms with E-state index in [1.807, 2.05) is 34.5 Å². The first-order valence-corrected chi connectivity index (χ1v) is 10.3. The van der Waals surface area contributed by atoms with Crippen LogP contribution in [-0.2, 0) is 17.8 Å². The smallest absolute Gasteiger partial charge is 0.258 e. The summed E-state index contributed by atoms with van der Waals surface area (Å²) in [5.41, 5.74) is 2.10. The van der Waals surface area contributed by atoms with E-state index >= 15 is 0 Å². The molecule has 0 spiro atoms. The zero-order valence-corrected chi connectivity index (χ0v) is 16.5. The zero-order valence-electron chi connectivity index (χ0n) is 15.7. The molecule has 1 amide bonds. The number of hydrogen-bond donors (Lipinski definition) is 0. The Morgan fingerprint density at radius 3 is 2.86 bits per heavy atom. The summed E-state index contributed by atoms with van der Waals surface area (Å²) in [5.74, 6) is 0.0556. The molecule has 5 rings (SSSR count). The molecule has 0 saturated carbocycles. The van der Waals surface area contributed by atoms with Crippen LogP contribution in [0.4, 0.5) is 0 Å². The normalized spacial score (nSPS) is 15.4. The quantitative estimate of drug-likeness (QED) is 0.511. The average Bonchev–Trinajstić information content (AvgIpc) is 3.36. The van der Waals surface area contributed by atoms with E-state index in [-0.39, 0.29) is 17.9 Å². The van der Waals surface area contributed by atoms with Gasteiger partial charge in [-0.1, -0.05) is 17.3 Å². The minimum absolute atomic E-state index is 0.0556. The summed E-state index contributed by atoms with van der Waals surface area (Å²) in [4.78, 5) is 34.2. The molecule has 9 heteroatoms. The van der Waals surface area contributed by atoms with Gasteiger partial charge in [-0.25, -0.2) is 4.98 Å². The van der Waals surface area contributed by atoms with Crippen LogP contribution in [0.5, 0.6) is 0 Å². The largest absolute Gasteiger partial charge is 0.356 e. The van der Waals surface area contributed by atoms with Crippen molar-refractivity contribution in [2.75, 3.05) is 26.2 Å². The molecule has 0 bridgehead atoms. The number of carbonyl (C=O) groups is 1. The van der Waals surface area contributed by atoms with Crippen molar-refractivity contribution >= 4 is 33.2 Å². The van der Waals surface area contributed by atoms with Crippen LogP contribution in [0.2, 0.25) is 0 Å². The number of rotatable bonds is 4. The minimum Gasteiger partial charge on any atom is -0.356 e. The summed E-state index contributed by atoms with van der Waals surface area (Å²) in [6.45, 7) is 3.40. The Hall–Kier alpha value is -3.04. The number of amides is 1. The van der Waals surface area contributed by atoms with E-state index < -0.39 is 0 Å². The van der Waals surface area contributed by atoms with Gasteiger partial charge in [-0.3, -0.25) is 18.9 Å². The molecule has 8 nitrogen and oxygen atoms in total. The van der Waals surface area contributed by atoms with Crippen molar-refractivity contribution in [2.24, 2.45) is 0 Å². The maximum Gasteiger partial charge on any atom is 0.258 e. The summed E-state index contributed by atoms with van der Waals surface area (Å²) in [6.07, 6.45) is 1.98. The lowest BCUT2D eigenvalue weighted by atomic mass is 10.1. The predicted octanol–water partition coefficient (Wildman–Crippen LogP) is 1.78. The van der Waals surface area contributed by atoms with Crippen molar-refractivity contribution in [3.63, 3.8) is 0 Å². The lowest BCUT2D eigenvalue weighted by molar-refractivity contribution is -0.132. The van der Waals surface area contributed by atoms with Gasteiger partial charge < -0.3 is 9.42 Å². The fraction of sp³-hybridized carbons (Fsp3) is 0.300. The van der Waals surface area contributed by atoms with Gasteiger partial charge in [-0.15, -0.1) is 11.3 Å². The number of fused-ring (bicyclic) bond motifs is 2. The molecule has 1 aromatic carbocycles. The SMILES string of the molecule is O=C(Cc1noc2ccccc12)N1CCN(Cc2cc(=O)n3ccsc3n2)CC1. The van der Waals surface area contributed by atoms with Gasteiger partial charge in [0, 0.05) is 55.8 Å². The molecule has 1 aliphatic rings. The van der Waals surface area contributed by atoms with Gasteiger partial charge in [-0.2, -0.15) is 0 Å². The van der Waals surface area contributed by atoms with E-state index in [9.17, 15) is 9.59 Å². The highest BCUT2D eigenvalue weighted by atomic mass is 32.1. The van der Waals surface area contributed by atoms with Crippen molar-refractivity contribution in [1.29, 1.82) is 0 Å². The molecule has 4 heterocycles. The molecule has 29 heavy (non-hydrogen) atoms. The predicted molar refractivity (Wildman–Crippen MR) is 109 cm³/mol. The number of benzene rings is 1. The Balaban J connectivity index is 1.20. The van der Waals surface area contributed by atoms with E-state index in [0.29, 0.717) is 35.9 Å². The van der Waals surface area contributed by atoms with Crippen LogP contribution in [0.3, 0.4) is 0 Å². The highest BCUT2D eigenvalue weighted by Gasteiger charge is 2.23. The van der Waals surface area contributed by atoms with E-state index in [1.165, 1.54) is 11.3 Å². The molecule has 1 fully saturated rings. The van der Waals surface area contributed by atoms with Crippen LogP contribution in [0, 0.1) is 0 Å². The second kappa shape index (κ2) is 7.41. The Kier molecular flexibility index (Phi) is 4.61. The minimum atomic E-state index is -0.0556. The average molecular weight is 409 g/mol. The van der Waals surface area contributed by atoms with Crippen LogP contribution in [0.15, 0.2) is 51.2 Å². The molecule has 1 aliphatic heterocycles. The molecule has 1 saturated heterocycles. The maximum atomic E-state index is 12.7. The van der Waals surface area contributed by atoms with Crippen molar-refractivity contribution in [3.05, 3.63) is 63.7 Å². The Morgan fingerprint density at radius 1 is 1.17 bits per heavy atom. The first-order valence-electron chi connectivity index (χ1n) is 9.46. The van der Waals surface area contributed by atoms with Gasteiger partial charge in [0.25, 0.3) is 5.56 Å². The van der Waals surface area contributed by atoms with Crippen LogP contribution >= 0.6 is 11.3 Å². The summed E-state index contributed by atoms with van der Waals surface area (Å²) >= 11 is 1.45. The number of para-hydroxylation sites is 1. The van der Waals surface area contributed by atoms with E-state index in [1.54, 1.807) is 16.7 Å². The van der Waals surface area contributed by atoms with Gasteiger partial charge in [0.2, 0.25) is 5.91 Å². The Labute approximate surface area is 170 Å². The molecule has 4 aromatic rings. The molecule has 0 radical (unpaired) electrons. The van der Waals surface area contributed by atoms with Gasteiger partial charge >= 0.3 is 0 Å². The van der Waals surface area contributed by atoms with E-state index in [2.05, 4.69) is 15.0 Å². The molecule has 0 aliphatic carbocycles. The molecule has 0 atom stereocenters. The second-order valence-electron chi connectivity index (χ2n) is 7.10. The third kappa shape index (κ3) is 3.54. The standard InChI is InChI=1S/C20H19N5O3S/c26-18(12-16-15-3-1-2-4-17(15)28-22-16)24-7-5-23(6-8-24)13-14-11-19(27)25-9-10-29-20(25)21-14/h1-4,9-11H,5-8,12-13H2. The lowest BCUT2D eigenvalue weighted by Crippen LogP contribution is -2.48. The first kappa shape index (κ1) is 18.0. The molecule has 0 unspecified atom stereocenters. The van der Waals surface area contributed by atoms with Gasteiger partial charge in [0.1, 0.15) is 5.69 Å². The number of aromatic nitrogens is 3. The Morgan fingerprint density at radius 2 is 2.00 bits per heavy atom. The number of thiazole rings is 1. The summed E-state index contributed by atoms with van der Waals surface area (Å²) in [5, 5.41) is 6.80. The number of piperazine rings is 1. The monoisotopic (exact) mass is 409 g/mol. The highest BCUT2D eigenvalue weighted by Crippen LogP contribution is 2.19. The molecular formula is C20H19N5O3S. The molecule has 0 N–H and O–H groups in total. The maximum absolute atomic E-state index is 12.7. The van der Waals surface area contributed by atoms with E-state index in [4.69, 9.17) is 4.52 Å². The summed E-state index contributed by atoms with van der Waals surface area (Å²) in [6, 6.07) is 9.17. The van der Waals surface area contributed by atoms with Crippen LogP contribution < -0.4 is 5.56 Å². The van der Waals surface area contributed by atoms with Gasteiger partial charge in [-0.05, 0) is 12.1 Å². The second-order valence-corrected chi connectivity index (χ2v) is 7.97. The van der Waals surface area contributed by atoms with Crippen molar-refractivity contribution < 1.29 is 9.32 Å². The third-order valence-corrected chi connectivity index (χ3v) is 5.99. The van der Waals surface area contributed by atoms with Crippen molar-refractivity contribution in [3.8, 4) is 0 Å². The summed E-state index contributed by atoms with van der Waals surface area (Å²) in [7, 11) is 0. The Bertz CT molecular complexity index is 1240. The van der Waals surface area contributed by atoms with E-state index in [0.717, 1.165) is 24.2 Å². The first-order chi connectivity index (χ1) is 14.2. The van der Waals surface area contributed by atoms with Gasteiger partial charge in [0.05, 0.1) is 12.1 Å². The molecule has 148 valence electrons. The van der Waals surface area contributed by atoms with Crippen molar-refractivity contribution in [1.82, 2.24) is 24.3 Å². The lowest BCUT2D eigenvalue weighted by Gasteiger charge is -2.34. The van der Waals surface area contributed by atoms with Crippen LogP contribution in [-0.4, -0.2) is 56.4 Å². The van der Waals surface area contributed by atoms with Crippen LogP contribution in [0.25, 0.3) is 15.9 Å².